The summed E-state index contributed by atoms with van der Waals surface area (Å²) in [6.45, 7) is 17.3. The van der Waals surface area contributed by atoms with Crippen LogP contribution in [0.3, 0.4) is 0 Å². The van der Waals surface area contributed by atoms with Crippen LogP contribution in [0.2, 0.25) is 0 Å². The predicted molar refractivity (Wildman–Crippen MR) is 137 cm³/mol. The van der Waals surface area contributed by atoms with Gasteiger partial charge in [-0.15, -0.1) is 10.1 Å². The largest absolute Gasteiger partial charge is 0.367 e. The molecular formula is C28H52N2O4. The van der Waals surface area contributed by atoms with E-state index in [0.29, 0.717) is 12.8 Å². The molecule has 2 aliphatic heterocycles. The van der Waals surface area contributed by atoms with Crippen LogP contribution in [0.25, 0.3) is 0 Å². The Morgan fingerprint density at radius 3 is 1.09 bits per heavy atom. The topological polar surface area (TPSA) is 59.1 Å². The summed E-state index contributed by atoms with van der Waals surface area (Å²) in [7, 11) is 0. The van der Waals surface area contributed by atoms with Crippen LogP contribution < -0.4 is 0 Å². The smallest absolute Gasteiger partial charge is 0.325 e. The van der Waals surface area contributed by atoms with Crippen molar-refractivity contribution in [2.24, 2.45) is 0 Å². The number of hydroxylamine groups is 4. The highest BCUT2D eigenvalue weighted by molar-refractivity contribution is 5.69. The monoisotopic (exact) mass is 480 g/mol. The molecule has 0 aliphatic carbocycles. The molecule has 0 aromatic carbocycles. The number of hydrogen-bond donors (Lipinski definition) is 0. The Kier molecular flexibility index (Phi) is 10.0. The van der Waals surface area contributed by atoms with Gasteiger partial charge in [-0.3, -0.25) is 9.59 Å². The van der Waals surface area contributed by atoms with Crippen molar-refractivity contribution in [2.75, 3.05) is 0 Å². The summed E-state index contributed by atoms with van der Waals surface area (Å²) in [5.41, 5.74) is -0.452. The second kappa shape index (κ2) is 11.7. The molecule has 0 aromatic heterocycles. The number of nitrogens with zero attached hydrogens (tertiary/aromatic N) is 2. The van der Waals surface area contributed by atoms with E-state index in [1.807, 2.05) is 10.1 Å². The molecule has 34 heavy (non-hydrogen) atoms. The van der Waals surface area contributed by atoms with E-state index in [-0.39, 0.29) is 34.1 Å². The maximum absolute atomic E-state index is 12.4. The van der Waals surface area contributed by atoms with Crippen molar-refractivity contribution in [1.82, 2.24) is 10.1 Å². The highest BCUT2D eigenvalue weighted by atomic mass is 16.7. The predicted octanol–water partition coefficient (Wildman–Crippen LogP) is 7.11. The number of hydrogen-bond acceptors (Lipinski definition) is 6. The number of piperidine rings is 2. The Morgan fingerprint density at radius 1 is 0.529 bits per heavy atom. The maximum atomic E-state index is 12.4. The minimum atomic E-state index is -0.116. The molecule has 0 saturated carbocycles. The Hall–Kier alpha value is -1.14. The van der Waals surface area contributed by atoms with Gasteiger partial charge in [-0.05, 0) is 107 Å². The van der Waals surface area contributed by atoms with Gasteiger partial charge < -0.3 is 9.68 Å². The Bertz CT molecular complexity index is 594. The van der Waals surface area contributed by atoms with Crippen LogP contribution in [-0.2, 0) is 19.3 Å². The summed E-state index contributed by atoms with van der Waals surface area (Å²) < 4.78 is 0. The van der Waals surface area contributed by atoms with Crippen LogP contribution >= 0.6 is 0 Å². The number of carbonyl (C=O) groups is 2. The first-order valence-electron chi connectivity index (χ1n) is 13.7. The maximum Gasteiger partial charge on any atom is 0.325 e. The summed E-state index contributed by atoms with van der Waals surface area (Å²) in [6, 6.07) is 0. The van der Waals surface area contributed by atoms with E-state index in [4.69, 9.17) is 9.68 Å². The standard InChI is InChI=1S/C28H52N2O4/c1-25(2)19-15-20-26(3,4)29(25)33-23(31)17-13-11-9-10-12-14-18-24(32)34-30-27(5,6)21-16-22-28(30,7)8/h9-22H2,1-8H3. The molecule has 2 fully saturated rings. The number of rotatable bonds is 11. The van der Waals surface area contributed by atoms with E-state index in [9.17, 15) is 9.59 Å². The summed E-state index contributed by atoms with van der Waals surface area (Å²) in [4.78, 5) is 36.5. The average Bonchev–Trinajstić information content (AvgIpc) is 2.69. The average molecular weight is 481 g/mol. The molecule has 0 amide bonds. The van der Waals surface area contributed by atoms with E-state index in [2.05, 4.69) is 55.4 Å². The third-order valence-corrected chi connectivity index (χ3v) is 7.75. The van der Waals surface area contributed by atoms with Crippen molar-refractivity contribution in [3.8, 4) is 0 Å². The summed E-state index contributed by atoms with van der Waals surface area (Å²) in [5.74, 6) is -0.233. The number of carbonyl (C=O) groups excluding carboxylic acids is 2. The molecule has 6 heteroatoms. The van der Waals surface area contributed by atoms with E-state index in [0.717, 1.165) is 64.2 Å². The molecule has 2 saturated heterocycles. The zero-order valence-corrected chi connectivity index (χ0v) is 23.4. The molecule has 0 bridgehead atoms. The molecule has 0 spiro atoms. The van der Waals surface area contributed by atoms with Gasteiger partial charge in [0.05, 0.1) is 22.2 Å². The minimum absolute atomic E-state index is 0.113. The van der Waals surface area contributed by atoms with Crippen molar-refractivity contribution in [3.05, 3.63) is 0 Å². The molecule has 0 atom stereocenters. The SMILES string of the molecule is CC1(C)CCCC(C)(C)N1OC(=O)CCCCCCCCC(=O)ON1C(C)(C)CCCC1(C)C. The molecule has 6 nitrogen and oxygen atoms in total. The molecule has 2 heterocycles. The van der Waals surface area contributed by atoms with Crippen molar-refractivity contribution in [1.29, 1.82) is 0 Å². The Labute approximate surface area is 209 Å². The van der Waals surface area contributed by atoms with E-state index in [1.165, 1.54) is 12.8 Å². The van der Waals surface area contributed by atoms with Crippen molar-refractivity contribution in [2.45, 2.75) is 167 Å². The first kappa shape index (κ1) is 29.1. The second-order valence-electron chi connectivity index (χ2n) is 13.1. The fourth-order valence-corrected chi connectivity index (χ4v) is 5.99. The molecule has 198 valence electrons. The van der Waals surface area contributed by atoms with Gasteiger partial charge in [0.15, 0.2) is 0 Å². The van der Waals surface area contributed by atoms with Gasteiger partial charge in [0, 0.05) is 12.8 Å². The summed E-state index contributed by atoms with van der Waals surface area (Å²) in [5, 5.41) is 3.88. The van der Waals surface area contributed by atoms with Gasteiger partial charge in [0.25, 0.3) is 0 Å². The fourth-order valence-electron chi connectivity index (χ4n) is 5.99. The first-order chi connectivity index (χ1) is 15.7. The van der Waals surface area contributed by atoms with Crippen molar-refractivity contribution < 1.29 is 19.3 Å². The summed E-state index contributed by atoms with van der Waals surface area (Å²) in [6.07, 6.45) is 13.4. The fraction of sp³-hybridized carbons (Fsp3) is 0.929. The lowest BCUT2D eigenvalue weighted by molar-refractivity contribution is -0.265. The van der Waals surface area contributed by atoms with E-state index in [1.54, 1.807) is 0 Å². The Balaban J connectivity index is 1.57. The van der Waals surface area contributed by atoms with Gasteiger partial charge in [0.1, 0.15) is 0 Å². The van der Waals surface area contributed by atoms with Crippen LogP contribution in [0.5, 0.6) is 0 Å². The molecule has 2 aliphatic rings. The third kappa shape index (κ3) is 8.22. The molecule has 0 aromatic rings. The lowest BCUT2D eigenvalue weighted by Gasteiger charge is -2.50. The van der Waals surface area contributed by atoms with Gasteiger partial charge in [0.2, 0.25) is 0 Å². The highest BCUT2D eigenvalue weighted by Crippen LogP contribution is 2.39. The van der Waals surface area contributed by atoms with E-state index < -0.39 is 0 Å². The molecule has 0 N–H and O–H groups in total. The lowest BCUT2D eigenvalue weighted by atomic mass is 9.82. The van der Waals surface area contributed by atoms with Gasteiger partial charge >= 0.3 is 11.9 Å². The zero-order chi connectivity index (χ0) is 25.6. The third-order valence-electron chi connectivity index (χ3n) is 7.75. The van der Waals surface area contributed by atoms with Gasteiger partial charge in [-0.2, -0.15) is 0 Å². The van der Waals surface area contributed by atoms with Crippen LogP contribution in [-0.4, -0.2) is 44.2 Å². The summed E-state index contributed by atoms with van der Waals surface area (Å²) >= 11 is 0. The zero-order valence-electron chi connectivity index (χ0n) is 23.4. The van der Waals surface area contributed by atoms with Crippen molar-refractivity contribution in [3.63, 3.8) is 0 Å². The van der Waals surface area contributed by atoms with E-state index >= 15 is 0 Å². The van der Waals surface area contributed by atoms with Crippen LogP contribution in [0.4, 0.5) is 0 Å². The second-order valence-corrected chi connectivity index (χ2v) is 13.1. The van der Waals surface area contributed by atoms with Crippen LogP contribution in [0.1, 0.15) is 145 Å². The molecule has 0 unspecified atom stereocenters. The number of unbranched alkanes of at least 4 members (excludes halogenated alkanes) is 5. The van der Waals surface area contributed by atoms with Gasteiger partial charge in [-0.1, -0.05) is 25.7 Å². The minimum Gasteiger partial charge on any atom is -0.367 e. The van der Waals surface area contributed by atoms with Crippen LogP contribution in [0.15, 0.2) is 0 Å². The normalized spacial score (nSPS) is 23.9. The van der Waals surface area contributed by atoms with Gasteiger partial charge in [-0.25, -0.2) is 0 Å². The van der Waals surface area contributed by atoms with Crippen LogP contribution in [0, 0.1) is 0 Å². The Morgan fingerprint density at radius 2 is 0.794 bits per heavy atom. The molecular weight excluding hydrogens is 428 g/mol. The first-order valence-corrected chi connectivity index (χ1v) is 13.7. The quantitative estimate of drug-likeness (QED) is 0.294. The highest BCUT2D eigenvalue weighted by Gasteiger charge is 2.45. The van der Waals surface area contributed by atoms with Crippen molar-refractivity contribution >= 4 is 11.9 Å². The molecule has 2 rings (SSSR count). The molecule has 0 radical (unpaired) electrons. The lowest BCUT2D eigenvalue weighted by Crippen LogP contribution is -2.58.